The highest BCUT2D eigenvalue weighted by Gasteiger charge is 2.28. The highest BCUT2D eigenvalue weighted by atomic mass is 16.6. The van der Waals surface area contributed by atoms with Crippen molar-refractivity contribution in [3.8, 4) is 0 Å². The molecule has 2 saturated heterocycles. The van der Waals surface area contributed by atoms with Crippen LogP contribution in [0.4, 0.5) is 11.4 Å². The van der Waals surface area contributed by atoms with E-state index in [1.807, 2.05) is 4.90 Å². The van der Waals surface area contributed by atoms with Crippen molar-refractivity contribution >= 4 is 17.3 Å². The molecule has 3 rings (SSSR count). The molecule has 2 fully saturated rings. The van der Waals surface area contributed by atoms with Crippen LogP contribution in [0.2, 0.25) is 0 Å². The lowest BCUT2D eigenvalue weighted by atomic mass is 9.94. The minimum absolute atomic E-state index is 0.0856. The standard InChI is InChI=1S/C19H28N4O3/c1-14-6-9-21(10-7-14)12-15-3-2-8-22(13-15)19(24)16-4-5-17(20)18(11-16)23(25)26/h4-5,11,14-15H,2-3,6-10,12-13,20H2,1H3. The summed E-state index contributed by atoms with van der Waals surface area (Å²) < 4.78 is 0. The molecule has 0 radical (unpaired) electrons. The SMILES string of the molecule is CC1CCN(CC2CCCN(C(=O)c3ccc(N)c([N+](=O)[O-])c3)C2)CC1. The van der Waals surface area contributed by atoms with Crippen LogP contribution < -0.4 is 5.73 Å². The van der Waals surface area contributed by atoms with Crippen molar-refractivity contribution in [1.82, 2.24) is 9.80 Å². The van der Waals surface area contributed by atoms with Crippen LogP contribution >= 0.6 is 0 Å². The van der Waals surface area contributed by atoms with Crippen LogP contribution in [-0.2, 0) is 0 Å². The average Bonchev–Trinajstić information content (AvgIpc) is 2.63. The first-order valence-electron chi connectivity index (χ1n) is 9.49. The maximum atomic E-state index is 12.8. The summed E-state index contributed by atoms with van der Waals surface area (Å²) in [6.07, 6.45) is 4.63. The molecule has 26 heavy (non-hydrogen) atoms. The van der Waals surface area contributed by atoms with Gasteiger partial charge in [-0.2, -0.15) is 0 Å². The number of nitro groups is 1. The van der Waals surface area contributed by atoms with Crippen molar-refractivity contribution < 1.29 is 9.72 Å². The summed E-state index contributed by atoms with van der Waals surface area (Å²) in [6, 6.07) is 4.33. The highest BCUT2D eigenvalue weighted by Crippen LogP contribution is 2.26. The molecule has 7 heteroatoms. The molecule has 142 valence electrons. The molecule has 0 spiro atoms. The van der Waals surface area contributed by atoms with E-state index >= 15 is 0 Å². The van der Waals surface area contributed by atoms with Gasteiger partial charge in [-0.1, -0.05) is 6.92 Å². The highest BCUT2D eigenvalue weighted by molar-refractivity contribution is 5.95. The first-order valence-corrected chi connectivity index (χ1v) is 9.49. The van der Waals surface area contributed by atoms with Crippen LogP contribution in [0.25, 0.3) is 0 Å². The summed E-state index contributed by atoms with van der Waals surface area (Å²) in [4.78, 5) is 27.7. The number of nitro benzene ring substituents is 1. The Labute approximate surface area is 154 Å². The van der Waals surface area contributed by atoms with Gasteiger partial charge in [0.05, 0.1) is 4.92 Å². The molecule has 2 aliphatic heterocycles. The summed E-state index contributed by atoms with van der Waals surface area (Å²) in [7, 11) is 0. The third-order valence-electron chi connectivity index (χ3n) is 5.67. The monoisotopic (exact) mass is 360 g/mol. The molecule has 2 heterocycles. The first-order chi connectivity index (χ1) is 12.4. The molecule has 7 nitrogen and oxygen atoms in total. The van der Waals surface area contributed by atoms with E-state index in [2.05, 4.69) is 11.8 Å². The smallest absolute Gasteiger partial charge is 0.292 e. The number of hydrogen-bond donors (Lipinski definition) is 1. The van der Waals surface area contributed by atoms with Gasteiger partial charge in [-0.05, 0) is 62.7 Å². The molecule has 0 bridgehead atoms. The number of rotatable bonds is 4. The summed E-state index contributed by atoms with van der Waals surface area (Å²) in [5, 5.41) is 11.1. The van der Waals surface area contributed by atoms with E-state index < -0.39 is 4.92 Å². The molecule has 0 aromatic heterocycles. The van der Waals surface area contributed by atoms with Gasteiger partial charge < -0.3 is 15.5 Å². The Kier molecular flexibility index (Phi) is 5.76. The topological polar surface area (TPSA) is 92.7 Å². The van der Waals surface area contributed by atoms with Gasteiger partial charge in [0.2, 0.25) is 0 Å². The maximum Gasteiger partial charge on any atom is 0.292 e. The van der Waals surface area contributed by atoms with E-state index in [0.717, 1.165) is 44.9 Å². The van der Waals surface area contributed by atoms with E-state index in [1.54, 1.807) is 6.07 Å². The Bertz CT molecular complexity index is 671. The number of hydrogen-bond acceptors (Lipinski definition) is 5. The average molecular weight is 360 g/mol. The number of nitrogens with two attached hydrogens (primary N) is 1. The van der Waals surface area contributed by atoms with Crippen LogP contribution in [0, 0.1) is 22.0 Å². The number of benzene rings is 1. The van der Waals surface area contributed by atoms with E-state index in [0.29, 0.717) is 18.0 Å². The second-order valence-electron chi connectivity index (χ2n) is 7.77. The second-order valence-corrected chi connectivity index (χ2v) is 7.77. The van der Waals surface area contributed by atoms with Gasteiger partial charge in [-0.25, -0.2) is 0 Å². The molecule has 1 unspecified atom stereocenters. The largest absolute Gasteiger partial charge is 0.393 e. The lowest BCUT2D eigenvalue weighted by Gasteiger charge is -2.37. The van der Waals surface area contributed by atoms with Crippen molar-refractivity contribution in [2.45, 2.75) is 32.6 Å². The van der Waals surface area contributed by atoms with Crippen molar-refractivity contribution in [3.05, 3.63) is 33.9 Å². The Morgan fingerprint density at radius 2 is 2.00 bits per heavy atom. The zero-order valence-corrected chi connectivity index (χ0v) is 15.4. The number of anilines is 1. The van der Waals surface area contributed by atoms with Crippen molar-refractivity contribution in [2.24, 2.45) is 11.8 Å². The summed E-state index contributed by atoms with van der Waals surface area (Å²) in [5.74, 6) is 1.16. The van der Waals surface area contributed by atoms with Crippen LogP contribution in [0.3, 0.4) is 0 Å². The molecular formula is C19H28N4O3. The third-order valence-corrected chi connectivity index (χ3v) is 5.67. The number of piperidine rings is 2. The van der Waals surface area contributed by atoms with Gasteiger partial charge in [0, 0.05) is 31.3 Å². The van der Waals surface area contributed by atoms with Gasteiger partial charge >= 0.3 is 0 Å². The molecule has 0 aliphatic carbocycles. The Morgan fingerprint density at radius 1 is 1.27 bits per heavy atom. The Hall–Kier alpha value is -2.15. The number of carbonyl (C=O) groups excluding carboxylic acids is 1. The fourth-order valence-corrected chi connectivity index (χ4v) is 4.03. The molecular weight excluding hydrogens is 332 g/mol. The molecule has 2 N–H and O–H groups in total. The number of nitrogens with zero attached hydrogens (tertiary/aromatic N) is 3. The number of nitrogen functional groups attached to an aromatic ring is 1. The fourth-order valence-electron chi connectivity index (χ4n) is 4.03. The van der Waals surface area contributed by atoms with Crippen LogP contribution in [0.15, 0.2) is 18.2 Å². The summed E-state index contributed by atoms with van der Waals surface area (Å²) >= 11 is 0. The van der Waals surface area contributed by atoms with Gasteiger partial charge in [-0.3, -0.25) is 14.9 Å². The number of likely N-dealkylation sites (tertiary alicyclic amines) is 2. The first kappa shape index (κ1) is 18.6. The van der Waals surface area contributed by atoms with E-state index in [9.17, 15) is 14.9 Å². The van der Waals surface area contributed by atoms with Gasteiger partial charge in [0.15, 0.2) is 0 Å². The van der Waals surface area contributed by atoms with Gasteiger partial charge in [0.25, 0.3) is 11.6 Å². The summed E-state index contributed by atoms with van der Waals surface area (Å²) in [5.41, 5.74) is 5.86. The number of carbonyl (C=O) groups is 1. The van der Waals surface area contributed by atoms with Crippen molar-refractivity contribution in [1.29, 1.82) is 0 Å². The zero-order chi connectivity index (χ0) is 18.7. The van der Waals surface area contributed by atoms with Crippen molar-refractivity contribution in [2.75, 3.05) is 38.5 Å². The predicted molar refractivity (Wildman–Crippen MR) is 101 cm³/mol. The minimum Gasteiger partial charge on any atom is -0.393 e. The molecule has 1 atom stereocenters. The molecule has 0 saturated carbocycles. The molecule has 1 aromatic carbocycles. The van der Waals surface area contributed by atoms with Crippen LogP contribution in [-0.4, -0.2) is 53.4 Å². The molecule has 2 aliphatic rings. The molecule has 1 amide bonds. The van der Waals surface area contributed by atoms with Crippen LogP contribution in [0.1, 0.15) is 43.0 Å². The lowest BCUT2D eigenvalue weighted by molar-refractivity contribution is -0.383. The second kappa shape index (κ2) is 8.03. The Balaban J connectivity index is 1.63. The van der Waals surface area contributed by atoms with Gasteiger partial charge in [0.1, 0.15) is 5.69 Å². The maximum absolute atomic E-state index is 12.8. The van der Waals surface area contributed by atoms with E-state index in [1.165, 1.54) is 25.0 Å². The van der Waals surface area contributed by atoms with E-state index in [-0.39, 0.29) is 17.3 Å². The fraction of sp³-hybridized carbons (Fsp3) is 0.632. The number of amides is 1. The third kappa shape index (κ3) is 4.33. The zero-order valence-electron chi connectivity index (χ0n) is 15.4. The Morgan fingerprint density at radius 3 is 2.69 bits per heavy atom. The molecule has 1 aromatic rings. The van der Waals surface area contributed by atoms with Crippen LogP contribution in [0.5, 0.6) is 0 Å². The van der Waals surface area contributed by atoms with E-state index in [4.69, 9.17) is 5.73 Å². The quantitative estimate of drug-likeness (QED) is 0.506. The van der Waals surface area contributed by atoms with Gasteiger partial charge in [-0.15, -0.1) is 0 Å². The summed E-state index contributed by atoms with van der Waals surface area (Å²) in [6.45, 7) is 7.09. The lowest BCUT2D eigenvalue weighted by Crippen LogP contribution is -2.45. The normalized spacial score (nSPS) is 22.3. The minimum atomic E-state index is -0.539. The van der Waals surface area contributed by atoms with Crippen molar-refractivity contribution in [3.63, 3.8) is 0 Å². The predicted octanol–water partition coefficient (Wildman–Crippen LogP) is 2.76.